The number of nitro benzene ring substituents is 1. The fourth-order valence-corrected chi connectivity index (χ4v) is 4.21. The van der Waals surface area contributed by atoms with Crippen molar-refractivity contribution in [1.29, 1.82) is 0 Å². The molecule has 0 aliphatic carbocycles. The van der Waals surface area contributed by atoms with Gasteiger partial charge in [0.1, 0.15) is 5.69 Å². The van der Waals surface area contributed by atoms with Gasteiger partial charge in [-0.25, -0.2) is 0 Å². The molecule has 0 unspecified atom stereocenters. The number of hydrogen-bond donors (Lipinski definition) is 1. The van der Waals surface area contributed by atoms with Crippen LogP contribution in [0.1, 0.15) is 19.3 Å². The van der Waals surface area contributed by atoms with Crippen molar-refractivity contribution in [1.82, 2.24) is 9.88 Å². The van der Waals surface area contributed by atoms with Crippen LogP contribution in [0.5, 0.6) is 0 Å². The van der Waals surface area contributed by atoms with Crippen LogP contribution in [0.15, 0.2) is 60.8 Å². The maximum atomic E-state index is 12.5. The molecule has 3 aromatic rings. The van der Waals surface area contributed by atoms with Gasteiger partial charge in [0, 0.05) is 49.9 Å². The first-order valence-electron chi connectivity index (χ1n) is 10.4. The number of carbonyl (C=O) groups excluding carboxylic acids is 1. The molecule has 1 saturated heterocycles. The van der Waals surface area contributed by atoms with Crippen molar-refractivity contribution in [2.75, 3.05) is 24.5 Å². The quantitative estimate of drug-likeness (QED) is 0.366. The van der Waals surface area contributed by atoms with Crippen molar-refractivity contribution in [2.24, 2.45) is 5.92 Å². The van der Waals surface area contributed by atoms with Gasteiger partial charge in [0.25, 0.3) is 5.69 Å². The smallest absolute Gasteiger partial charge is 0.292 e. The molecule has 0 radical (unpaired) electrons. The molecule has 0 bridgehead atoms. The summed E-state index contributed by atoms with van der Waals surface area (Å²) < 4.78 is 2.22. The highest BCUT2D eigenvalue weighted by Crippen LogP contribution is 2.31. The van der Waals surface area contributed by atoms with E-state index in [0.29, 0.717) is 38.2 Å². The molecular formula is C23H26N4O3. The van der Waals surface area contributed by atoms with E-state index < -0.39 is 0 Å². The maximum Gasteiger partial charge on any atom is 0.292 e. The summed E-state index contributed by atoms with van der Waals surface area (Å²) in [6.45, 7) is 2.82. The van der Waals surface area contributed by atoms with Crippen LogP contribution in [-0.2, 0) is 11.3 Å². The van der Waals surface area contributed by atoms with Crippen LogP contribution in [0.3, 0.4) is 0 Å². The number of hydrogen-bond acceptors (Lipinski definition) is 4. The molecule has 1 amide bonds. The van der Waals surface area contributed by atoms with Gasteiger partial charge in [0.15, 0.2) is 0 Å². The number of nitro groups is 1. The van der Waals surface area contributed by atoms with Crippen LogP contribution in [0.4, 0.5) is 11.4 Å². The monoisotopic (exact) mass is 406 g/mol. The minimum absolute atomic E-state index is 0.0311. The minimum Gasteiger partial charge on any atom is -0.366 e. The first kappa shape index (κ1) is 19.9. The summed E-state index contributed by atoms with van der Waals surface area (Å²) in [5, 5.41) is 15.6. The van der Waals surface area contributed by atoms with Crippen molar-refractivity contribution in [2.45, 2.75) is 25.8 Å². The van der Waals surface area contributed by atoms with Gasteiger partial charge in [-0.05, 0) is 42.8 Å². The molecule has 0 atom stereocenters. The molecule has 7 heteroatoms. The molecule has 1 aliphatic rings. The molecule has 4 rings (SSSR count). The largest absolute Gasteiger partial charge is 0.366 e. The number of fused-ring (bicyclic) bond motifs is 1. The molecule has 0 saturated carbocycles. The number of aryl methyl sites for hydroxylation is 1. The zero-order valence-electron chi connectivity index (χ0n) is 16.9. The first-order chi connectivity index (χ1) is 14.6. The Balaban J connectivity index is 1.23. The molecule has 1 N–H and O–H groups in total. The molecule has 2 heterocycles. The lowest BCUT2D eigenvalue weighted by Gasteiger charge is -2.32. The number of aromatic nitrogens is 1. The summed E-state index contributed by atoms with van der Waals surface area (Å²) in [5.41, 5.74) is 1.98. The molecule has 1 aliphatic heterocycles. The molecule has 30 heavy (non-hydrogen) atoms. The van der Waals surface area contributed by atoms with Crippen LogP contribution in [-0.4, -0.2) is 35.0 Å². The number of anilines is 1. The minimum atomic E-state index is -0.345. The summed E-state index contributed by atoms with van der Waals surface area (Å²) in [7, 11) is 0. The van der Waals surface area contributed by atoms with Gasteiger partial charge < -0.3 is 14.8 Å². The number of rotatable bonds is 7. The Morgan fingerprint density at radius 1 is 1.07 bits per heavy atom. The molecule has 0 spiro atoms. The Morgan fingerprint density at radius 2 is 1.80 bits per heavy atom. The number of carbonyl (C=O) groups is 1. The van der Waals surface area contributed by atoms with Gasteiger partial charge in [-0.3, -0.25) is 14.9 Å². The number of piperidine rings is 1. The fourth-order valence-electron chi connectivity index (χ4n) is 4.21. The zero-order valence-corrected chi connectivity index (χ0v) is 16.9. The van der Waals surface area contributed by atoms with Gasteiger partial charge in [0.05, 0.1) is 4.92 Å². The van der Waals surface area contributed by atoms with Gasteiger partial charge >= 0.3 is 0 Å². The normalized spacial score (nSPS) is 14.7. The van der Waals surface area contributed by atoms with Gasteiger partial charge in [-0.15, -0.1) is 0 Å². The van der Waals surface area contributed by atoms with Crippen molar-refractivity contribution < 1.29 is 9.72 Å². The summed E-state index contributed by atoms with van der Waals surface area (Å²) in [6, 6.07) is 17.2. The molecule has 1 aromatic heterocycles. The van der Waals surface area contributed by atoms with Crippen LogP contribution < -0.4 is 10.2 Å². The van der Waals surface area contributed by atoms with Crippen molar-refractivity contribution in [3.05, 3.63) is 70.9 Å². The second-order valence-corrected chi connectivity index (χ2v) is 7.72. The maximum absolute atomic E-state index is 12.5. The fraction of sp³-hybridized carbons (Fsp3) is 0.348. The van der Waals surface area contributed by atoms with E-state index in [1.807, 2.05) is 23.1 Å². The molecular weight excluding hydrogens is 380 g/mol. The molecule has 2 aromatic carbocycles. The number of nitrogens with zero attached hydrogens (tertiary/aromatic N) is 3. The van der Waals surface area contributed by atoms with Gasteiger partial charge in [-0.1, -0.05) is 30.3 Å². The number of benzene rings is 2. The Morgan fingerprint density at radius 3 is 2.60 bits per heavy atom. The number of amides is 1. The van der Waals surface area contributed by atoms with E-state index in [-0.39, 0.29) is 22.4 Å². The van der Waals surface area contributed by atoms with Crippen molar-refractivity contribution in [3.8, 4) is 0 Å². The molecule has 7 nitrogen and oxygen atoms in total. The second kappa shape index (κ2) is 8.98. The van der Waals surface area contributed by atoms with Crippen molar-refractivity contribution >= 4 is 28.2 Å². The summed E-state index contributed by atoms with van der Waals surface area (Å²) >= 11 is 0. The van der Waals surface area contributed by atoms with Gasteiger partial charge in [0.2, 0.25) is 5.91 Å². The Labute approximate surface area is 175 Å². The Bertz CT molecular complexity index is 1040. The van der Waals surface area contributed by atoms with Crippen LogP contribution >= 0.6 is 0 Å². The third-order valence-electron chi connectivity index (χ3n) is 5.84. The SMILES string of the molecule is O=C(NCCCn1ccc2ccccc21)C1CCN(c2ccccc2[N+](=O)[O-])CC1. The second-order valence-electron chi connectivity index (χ2n) is 7.72. The van der Waals surface area contributed by atoms with E-state index >= 15 is 0 Å². The highest BCUT2D eigenvalue weighted by Gasteiger charge is 2.27. The first-order valence-corrected chi connectivity index (χ1v) is 10.4. The summed E-state index contributed by atoms with van der Waals surface area (Å²) in [4.78, 5) is 25.5. The Hall–Kier alpha value is -3.35. The summed E-state index contributed by atoms with van der Waals surface area (Å²) in [6.07, 6.45) is 4.38. The average molecular weight is 406 g/mol. The number of nitrogens with one attached hydrogen (secondary N) is 1. The van der Waals surface area contributed by atoms with E-state index in [1.54, 1.807) is 12.1 Å². The lowest BCUT2D eigenvalue weighted by atomic mass is 9.95. The topological polar surface area (TPSA) is 80.4 Å². The average Bonchev–Trinajstić information content (AvgIpc) is 3.20. The standard InChI is InChI=1S/C23H26N4O3/c28-23(24-13-5-14-25-15-10-18-6-1-2-7-20(18)25)19-11-16-26(17-12-19)21-8-3-4-9-22(21)27(29)30/h1-4,6-10,15,19H,5,11-14,16-17H2,(H,24,28). The van der Waals surface area contributed by atoms with E-state index in [1.165, 1.54) is 17.0 Å². The van der Waals surface area contributed by atoms with Gasteiger partial charge in [-0.2, -0.15) is 0 Å². The van der Waals surface area contributed by atoms with E-state index in [9.17, 15) is 14.9 Å². The van der Waals surface area contributed by atoms with E-state index in [0.717, 1.165) is 13.0 Å². The highest BCUT2D eigenvalue weighted by atomic mass is 16.6. The van der Waals surface area contributed by atoms with Crippen LogP contribution in [0, 0.1) is 16.0 Å². The third-order valence-corrected chi connectivity index (χ3v) is 5.84. The van der Waals surface area contributed by atoms with E-state index in [4.69, 9.17) is 0 Å². The highest BCUT2D eigenvalue weighted by molar-refractivity contribution is 5.80. The lowest BCUT2D eigenvalue weighted by molar-refractivity contribution is -0.384. The number of para-hydroxylation sites is 3. The predicted molar refractivity (Wildman–Crippen MR) is 118 cm³/mol. The van der Waals surface area contributed by atoms with Crippen molar-refractivity contribution in [3.63, 3.8) is 0 Å². The third kappa shape index (κ3) is 4.30. The van der Waals surface area contributed by atoms with Crippen LogP contribution in [0.2, 0.25) is 0 Å². The Kier molecular flexibility index (Phi) is 5.97. The molecule has 1 fully saturated rings. The van der Waals surface area contributed by atoms with Crippen LogP contribution in [0.25, 0.3) is 10.9 Å². The molecule has 156 valence electrons. The predicted octanol–water partition coefficient (Wildman–Crippen LogP) is 3.97. The lowest BCUT2D eigenvalue weighted by Crippen LogP contribution is -2.41. The summed E-state index contributed by atoms with van der Waals surface area (Å²) in [5.74, 6) is 0.0611. The van der Waals surface area contributed by atoms with E-state index in [2.05, 4.69) is 34.3 Å². The zero-order chi connectivity index (χ0) is 20.9.